The van der Waals surface area contributed by atoms with Crippen LogP contribution in [-0.4, -0.2) is 26.0 Å². The highest BCUT2D eigenvalue weighted by molar-refractivity contribution is 7.91. The highest BCUT2D eigenvalue weighted by Gasteiger charge is 2.12. The number of nitrogens with one attached hydrogen (secondary N) is 1. The number of rotatable bonds is 6. The molecule has 0 aromatic heterocycles. The lowest BCUT2D eigenvalue weighted by Crippen LogP contribution is -2.33. The molecule has 0 bridgehead atoms. The summed E-state index contributed by atoms with van der Waals surface area (Å²) in [6.45, 7) is 4.20. The molecule has 1 N–H and O–H groups in total. The van der Waals surface area contributed by atoms with Crippen LogP contribution < -0.4 is 5.32 Å². The zero-order chi connectivity index (χ0) is 12.9. The van der Waals surface area contributed by atoms with Crippen LogP contribution in [0.1, 0.15) is 19.4 Å². The van der Waals surface area contributed by atoms with E-state index >= 15 is 0 Å². The highest BCUT2D eigenvalue weighted by atomic mass is 35.5. The lowest BCUT2D eigenvalue weighted by Gasteiger charge is -2.13. The van der Waals surface area contributed by atoms with Gasteiger partial charge in [0.25, 0.3) is 0 Å². The Morgan fingerprint density at radius 2 is 1.88 bits per heavy atom. The third-order valence-corrected chi connectivity index (χ3v) is 4.65. The molecule has 0 radical (unpaired) electrons. The van der Waals surface area contributed by atoms with Gasteiger partial charge in [-0.15, -0.1) is 0 Å². The molecule has 0 amide bonds. The Balaban J connectivity index is 2.43. The second-order valence-corrected chi connectivity index (χ2v) is 6.94. The summed E-state index contributed by atoms with van der Waals surface area (Å²) >= 11 is 5.78. The van der Waals surface area contributed by atoms with E-state index in [2.05, 4.69) is 5.32 Å². The molecule has 0 spiro atoms. The van der Waals surface area contributed by atoms with Crippen molar-refractivity contribution in [1.29, 1.82) is 0 Å². The largest absolute Gasteiger partial charge is 0.309 e. The van der Waals surface area contributed by atoms with E-state index in [9.17, 15) is 8.42 Å². The fraction of sp³-hybridized carbons (Fsp3) is 0.500. The molecule has 0 heterocycles. The predicted molar refractivity (Wildman–Crippen MR) is 72.1 cm³/mol. The van der Waals surface area contributed by atoms with Gasteiger partial charge < -0.3 is 5.32 Å². The van der Waals surface area contributed by atoms with Crippen molar-refractivity contribution >= 4 is 21.4 Å². The lowest BCUT2D eigenvalue weighted by atomic mass is 10.2. The van der Waals surface area contributed by atoms with Crippen LogP contribution in [0.3, 0.4) is 0 Å². The molecule has 1 rings (SSSR count). The molecule has 1 aromatic rings. The molecule has 0 aliphatic carbocycles. The molecule has 1 unspecified atom stereocenters. The SMILES string of the molecule is CCS(=O)(=O)CC(C)NCc1ccc(Cl)cc1. The van der Waals surface area contributed by atoms with Crippen molar-refractivity contribution < 1.29 is 8.42 Å². The van der Waals surface area contributed by atoms with Crippen LogP contribution in [0.15, 0.2) is 24.3 Å². The second-order valence-electron chi connectivity index (χ2n) is 4.11. The zero-order valence-corrected chi connectivity index (χ0v) is 11.7. The summed E-state index contributed by atoms with van der Waals surface area (Å²) in [4.78, 5) is 0. The summed E-state index contributed by atoms with van der Waals surface area (Å²) in [7, 11) is -2.91. The maximum absolute atomic E-state index is 11.4. The van der Waals surface area contributed by atoms with Crippen molar-refractivity contribution in [2.24, 2.45) is 0 Å². The van der Waals surface area contributed by atoms with Crippen molar-refractivity contribution in [3.63, 3.8) is 0 Å². The molecular weight excluding hydrogens is 258 g/mol. The van der Waals surface area contributed by atoms with E-state index in [1.54, 1.807) is 6.92 Å². The van der Waals surface area contributed by atoms with E-state index in [-0.39, 0.29) is 17.5 Å². The average molecular weight is 276 g/mol. The third-order valence-electron chi connectivity index (χ3n) is 2.51. The number of hydrogen-bond acceptors (Lipinski definition) is 3. The van der Waals surface area contributed by atoms with E-state index < -0.39 is 9.84 Å². The number of hydrogen-bond donors (Lipinski definition) is 1. The highest BCUT2D eigenvalue weighted by Crippen LogP contribution is 2.09. The van der Waals surface area contributed by atoms with Gasteiger partial charge in [0.1, 0.15) is 0 Å². The first-order valence-corrected chi connectivity index (χ1v) is 7.81. The fourth-order valence-corrected chi connectivity index (χ4v) is 2.69. The van der Waals surface area contributed by atoms with Crippen LogP contribution in [0.2, 0.25) is 5.02 Å². The maximum Gasteiger partial charge on any atom is 0.151 e. The van der Waals surface area contributed by atoms with E-state index in [1.807, 2.05) is 31.2 Å². The van der Waals surface area contributed by atoms with Crippen LogP contribution >= 0.6 is 11.6 Å². The normalized spacial score (nSPS) is 13.6. The lowest BCUT2D eigenvalue weighted by molar-refractivity contribution is 0.557. The first kappa shape index (κ1) is 14.5. The van der Waals surface area contributed by atoms with Crippen molar-refractivity contribution in [3.05, 3.63) is 34.9 Å². The first-order valence-electron chi connectivity index (χ1n) is 5.61. The topological polar surface area (TPSA) is 46.2 Å². The van der Waals surface area contributed by atoms with Gasteiger partial charge >= 0.3 is 0 Å². The minimum atomic E-state index is -2.91. The van der Waals surface area contributed by atoms with Gasteiger partial charge in [-0.1, -0.05) is 30.7 Å². The van der Waals surface area contributed by atoms with Gasteiger partial charge in [0, 0.05) is 23.4 Å². The Morgan fingerprint density at radius 3 is 2.41 bits per heavy atom. The zero-order valence-electron chi connectivity index (χ0n) is 10.1. The van der Waals surface area contributed by atoms with Gasteiger partial charge in [0.15, 0.2) is 9.84 Å². The Bertz CT molecular complexity index is 442. The summed E-state index contributed by atoms with van der Waals surface area (Å²) in [6.07, 6.45) is 0. The Labute approximate surface area is 108 Å². The summed E-state index contributed by atoms with van der Waals surface area (Å²) in [5, 5.41) is 3.89. The van der Waals surface area contributed by atoms with Crippen LogP contribution in [0, 0.1) is 0 Å². The molecule has 0 saturated heterocycles. The first-order chi connectivity index (χ1) is 7.93. The van der Waals surface area contributed by atoms with Crippen LogP contribution in [0.5, 0.6) is 0 Å². The number of sulfone groups is 1. The Morgan fingerprint density at radius 1 is 1.29 bits per heavy atom. The molecule has 5 heteroatoms. The molecule has 3 nitrogen and oxygen atoms in total. The monoisotopic (exact) mass is 275 g/mol. The second kappa shape index (κ2) is 6.38. The predicted octanol–water partition coefficient (Wildman–Crippen LogP) is 2.25. The third kappa shape index (κ3) is 5.52. The quantitative estimate of drug-likeness (QED) is 0.866. The fourth-order valence-electron chi connectivity index (χ4n) is 1.45. The van der Waals surface area contributed by atoms with E-state index in [0.29, 0.717) is 11.6 Å². The van der Waals surface area contributed by atoms with Crippen molar-refractivity contribution in [2.75, 3.05) is 11.5 Å². The van der Waals surface area contributed by atoms with Gasteiger partial charge in [-0.2, -0.15) is 0 Å². The van der Waals surface area contributed by atoms with Crippen molar-refractivity contribution in [1.82, 2.24) is 5.32 Å². The van der Waals surface area contributed by atoms with Gasteiger partial charge in [-0.05, 0) is 24.6 Å². The molecule has 1 atom stereocenters. The molecule has 0 aliphatic heterocycles. The maximum atomic E-state index is 11.4. The summed E-state index contributed by atoms with van der Waals surface area (Å²) in [5.74, 6) is 0.372. The summed E-state index contributed by atoms with van der Waals surface area (Å²) < 4.78 is 22.8. The number of halogens is 1. The van der Waals surface area contributed by atoms with Crippen LogP contribution in [0.4, 0.5) is 0 Å². The van der Waals surface area contributed by atoms with Crippen LogP contribution in [-0.2, 0) is 16.4 Å². The van der Waals surface area contributed by atoms with E-state index in [1.165, 1.54) is 0 Å². The van der Waals surface area contributed by atoms with Crippen molar-refractivity contribution in [2.45, 2.75) is 26.4 Å². The molecular formula is C12H18ClNO2S. The van der Waals surface area contributed by atoms with Crippen LogP contribution in [0.25, 0.3) is 0 Å². The van der Waals surface area contributed by atoms with Crippen molar-refractivity contribution in [3.8, 4) is 0 Å². The molecule has 0 saturated carbocycles. The summed E-state index contributed by atoms with van der Waals surface area (Å²) in [5.41, 5.74) is 1.09. The van der Waals surface area contributed by atoms with Gasteiger partial charge in [-0.25, -0.2) is 8.42 Å². The summed E-state index contributed by atoms with van der Waals surface area (Å²) in [6, 6.07) is 7.46. The van der Waals surface area contributed by atoms with E-state index in [0.717, 1.165) is 5.56 Å². The molecule has 0 aliphatic rings. The minimum Gasteiger partial charge on any atom is -0.309 e. The van der Waals surface area contributed by atoms with Gasteiger partial charge in [0.2, 0.25) is 0 Å². The standard InChI is InChI=1S/C12H18ClNO2S/c1-3-17(15,16)9-10(2)14-8-11-4-6-12(13)7-5-11/h4-7,10,14H,3,8-9H2,1-2H3. The average Bonchev–Trinajstić information content (AvgIpc) is 2.28. The minimum absolute atomic E-state index is 0.0457. The Kier molecular flexibility index (Phi) is 5.43. The molecule has 0 fully saturated rings. The van der Waals surface area contributed by atoms with Gasteiger partial charge in [-0.3, -0.25) is 0 Å². The molecule has 17 heavy (non-hydrogen) atoms. The molecule has 96 valence electrons. The number of benzene rings is 1. The Hall–Kier alpha value is -0.580. The molecule has 1 aromatic carbocycles. The smallest absolute Gasteiger partial charge is 0.151 e. The van der Waals surface area contributed by atoms with Gasteiger partial charge in [0.05, 0.1) is 5.75 Å². The van der Waals surface area contributed by atoms with E-state index in [4.69, 9.17) is 11.6 Å².